The van der Waals surface area contributed by atoms with Crippen LogP contribution in [-0.4, -0.2) is 23.5 Å². The van der Waals surface area contributed by atoms with E-state index in [-0.39, 0.29) is 24.8 Å². The molecule has 0 aliphatic carbocycles. The number of hydrogen-bond acceptors (Lipinski definition) is 2. The van der Waals surface area contributed by atoms with Crippen LogP contribution in [0.1, 0.15) is 37.8 Å². The lowest BCUT2D eigenvalue weighted by molar-refractivity contribution is -0.149. The Balaban J connectivity index is 2.41. The average Bonchev–Trinajstić information content (AvgIpc) is 2.66. The Morgan fingerprint density at radius 1 is 1.33 bits per heavy atom. The van der Waals surface area contributed by atoms with E-state index in [1.807, 2.05) is 45.9 Å². The van der Waals surface area contributed by atoms with Crippen molar-refractivity contribution in [2.45, 2.75) is 40.5 Å². The van der Waals surface area contributed by atoms with E-state index in [2.05, 4.69) is 0 Å². The van der Waals surface area contributed by atoms with Crippen LogP contribution in [0.15, 0.2) is 18.2 Å². The number of rotatable bonds is 4. The van der Waals surface area contributed by atoms with Crippen molar-refractivity contribution >= 4 is 17.6 Å². The Hall–Kier alpha value is -1.84. The number of aryl methyl sites for hydroxylation is 2. The minimum absolute atomic E-state index is 0.0875. The van der Waals surface area contributed by atoms with E-state index >= 15 is 0 Å². The number of benzene rings is 1. The number of nitrogens with zero attached hydrogens (tertiary/aromatic N) is 1. The van der Waals surface area contributed by atoms with Crippen LogP contribution < -0.4 is 4.90 Å². The van der Waals surface area contributed by atoms with Crippen LogP contribution in [0.3, 0.4) is 0 Å². The molecule has 1 aliphatic heterocycles. The van der Waals surface area contributed by atoms with Crippen LogP contribution in [-0.2, 0) is 9.59 Å². The standard InChI is InChI=1S/C17H23NO3/c1-11(2)8-17(16(20)21)9-14(19)18(10-17)15-12(3)6-5-7-13(15)4/h5-7,11H,8-10H2,1-4H3,(H,20,21). The van der Waals surface area contributed by atoms with Gasteiger partial charge in [0.05, 0.1) is 5.41 Å². The second-order valence-corrected chi connectivity index (χ2v) is 6.58. The zero-order valence-electron chi connectivity index (χ0n) is 13.1. The second kappa shape index (κ2) is 5.51. The lowest BCUT2D eigenvalue weighted by atomic mass is 9.79. The van der Waals surface area contributed by atoms with Gasteiger partial charge in [0.1, 0.15) is 0 Å². The lowest BCUT2D eigenvalue weighted by Crippen LogP contribution is -2.36. The molecule has 1 heterocycles. The summed E-state index contributed by atoms with van der Waals surface area (Å²) in [5, 5.41) is 9.65. The highest BCUT2D eigenvalue weighted by atomic mass is 16.4. The molecule has 4 nitrogen and oxygen atoms in total. The number of aliphatic carboxylic acids is 1. The van der Waals surface area contributed by atoms with Crippen molar-refractivity contribution in [3.05, 3.63) is 29.3 Å². The molecule has 0 saturated carbocycles. The summed E-state index contributed by atoms with van der Waals surface area (Å²) in [6.45, 7) is 8.18. The number of anilines is 1. The molecule has 1 amide bonds. The van der Waals surface area contributed by atoms with Crippen molar-refractivity contribution in [3.63, 3.8) is 0 Å². The molecule has 4 heteroatoms. The topological polar surface area (TPSA) is 57.6 Å². The predicted octanol–water partition coefficient (Wildman–Crippen LogP) is 3.16. The minimum Gasteiger partial charge on any atom is -0.481 e. The van der Waals surface area contributed by atoms with Crippen LogP contribution in [0.2, 0.25) is 0 Å². The molecule has 0 aromatic heterocycles. The van der Waals surface area contributed by atoms with Crippen molar-refractivity contribution in [2.75, 3.05) is 11.4 Å². The zero-order chi connectivity index (χ0) is 15.8. The summed E-state index contributed by atoms with van der Waals surface area (Å²) in [7, 11) is 0. The van der Waals surface area contributed by atoms with Crippen LogP contribution in [0.5, 0.6) is 0 Å². The first-order chi connectivity index (χ1) is 9.77. The summed E-state index contributed by atoms with van der Waals surface area (Å²) >= 11 is 0. The summed E-state index contributed by atoms with van der Waals surface area (Å²) in [4.78, 5) is 25.9. The molecule has 0 spiro atoms. The Bertz CT molecular complexity index is 559. The normalized spacial score (nSPS) is 22.1. The van der Waals surface area contributed by atoms with E-state index in [0.717, 1.165) is 16.8 Å². The van der Waals surface area contributed by atoms with Crippen LogP contribution >= 0.6 is 0 Å². The molecule has 1 N–H and O–H groups in total. The fourth-order valence-corrected chi connectivity index (χ4v) is 3.42. The molecular weight excluding hydrogens is 266 g/mol. The maximum Gasteiger partial charge on any atom is 0.311 e. The quantitative estimate of drug-likeness (QED) is 0.926. The molecule has 0 bridgehead atoms. The van der Waals surface area contributed by atoms with Gasteiger partial charge in [0, 0.05) is 18.7 Å². The fourth-order valence-electron chi connectivity index (χ4n) is 3.42. The highest BCUT2D eigenvalue weighted by Gasteiger charge is 2.50. The van der Waals surface area contributed by atoms with Crippen molar-refractivity contribution in [3.8, 4) is 0 Å². The smallest absolute Gasteiger partial charge is 0.311 e. The maximum atomic E-state index is 12.4. The van der Waals surface area contributed by atoms with Gasteiger partial charge in [-0.05, 0) is 37.3 Å². The SMILES string of the molecule is Cc1cccc(C)c1N1CC(CC(C)C)(C(=O)O)CC1=O. The highest BCUT2D eigenvalue weighted by molar-refractivity contribution is 6.01. The first-order valence-corrected chi connectivity index (χ1v) is 7.37. The number of carboxylic acid groups (broad SMARTS) is 1. The maximum absolute atomic E-state index is 12.4. The molecule has 2 rings (SSSR count). The molecule has 114 valence electrons. The van der Waals surface area contributed by atoms with Crippen LogP contribution in [0.4, 0.5) is 5.69 Å². The summed E-state index contributed by atoms with van der Waals surface area (Å²) in [5.41, 5.74) is 1.93. The third kappa shape index (κ3) is 2.80. The number of carbonyl (C=O) groups excluding carboxylic acids is 1. The first kappa shape index (κ1) is 15.5. The number of carbonyl (C=O) groups is 2. The van der Waals surface area contributed by atoms with E-state index < -0.39 is 11.4 Å². The summed E-state index contributed by atoms with van der Waals surface area (Å²) in [6, 6.07) is 5.87. The van der Waals surface area contributed by atoms with Gasteiger partial charge in [-0.25, -0.2) is 0 Å². The highest BCUT2D eigenvalue weighted by Crippen LogP contribution is 2.41. The largest absolute Gasteiger partial charge is 0.481 e. The van der Waals surface area contributed by atoms with E-state index in [1.165, 1.54) is 0 Å². The van der Waals surface area contributed by atoms with Crippen molar-refractivity contribution in [1.29, 1.82) is 0 Å². The minimum atomic E-state index is -0.958. The third-order valence-electron chi connectivity index (χ3n) is 4.21. The van der Waals surface area contributed by atoms with Gasteiger partial charge in [-0.2, -0.15) is 0 Å². The molecule has 1 saturated heterocycles. The van der Waals surface area contributed by atoms with Gasteiger partial charge in [-0.3, -0.25) is 9.59 Å². The van der Waals surface area contributed by atoms with Gasteiger partial charge in [0.25, 0.3) is 0 Å². The van der Waals surface area contributed by atoms with Gasteiger partial charge in [-0.1, -0.05) is 32.0 Å². The Kier molecular flexibility index (Phi) is 4.08. The molecule has 1 aromatic carbocycles. The van der Waals surface area contributed by atoms with Crippen molar-refractivity contribution in [2.24, 2.45) is 11.3 Å². The van der Waals surface area contributed by atoms with Gasteiger partial charge in [0.15, 0.2) is 0 Å². The molecule has 1 fully saturated rings. The molecule has 1 aliphatic rings. The Morgan fingerprint density at radius 3 is 2.38 bits per heavy atom. The van der Waals surface area contributed by atoms with E-state index in [9.17, 15) is 14.7 Å². The second-order valence-electron chi connectivity index (χ2n) is 6.58. The van der Waals surface area contributed by atoms with E-state index in [4.69, 9.17) is 0 Å². The molecule has 0 radical (unpaired) electrons. The fraction of sp³-hybridized carbons (Fsp3) is 0.529. The lowest BCUT2D eigenvalue weighted by Gasteiger charge is -2.27. The van der Waals surface area contributed by atoms with Gasteiger partial charge < -0.3 is 10.0 Å². The Labute approximate surface area is 125 Å². The van der Waals surface area contributed by atoms with Gasteiger partial charge >= 0.3 is 5.97 Å². The molecule has 1 atom stereocenters. The van der Waals surface area contributed by atoms with Gasteiger partial charge in [-0.15, -0.1) is 0 Å². The predicted molar refractivity (Wildman–Crippen MR) is 82.4 cm³/mol. The Morgan fingerprint density at radius 2 is 1.90 bits per heavy atom. The van der Waals surface area contributed by atoms with E-state index in [1.54, 1.807) is 4.90 Å². The molecular formula is C17H23NO3. The summed E-state index contributed by atoms with van der Waals surface area (Å²) < 4.78 is 0. The number of amides is 1. The van der Waals surface area contributed by atoms with Gasteiger partial charge in [0.2, 0.25) is 5.91 Å². The van der Waals surface area contributed by atoms with Crippen LogP contribution in [0, 0.1) is 25.2 Å². The summed E-state index contributed by atoms with van der Waals surface area (Å²) in [5.74, 6) is -0.708. The third-order valence-corrected chi connectivity index (χ3v) is 4.21. The number of para-hydroxylation sites is 1. The van der Waals surface area contributed by atoms with Crippen LogP contribution in [0.25, 0.3) is 0 Å². The number of carboxylic acids is 1. The molecule has 1 aromatic rings. The van der Waals surface area contributed by atoms with E-state index in [0.29, 0.717) is 6.42 Å². The first-order valence-electron chi connectivity index (χ1n) is 7.37. The molecule has 1 unspecified atom stereocenters. The molecule has 21 heavy (non-hydrogen) atoms. The monoisotopic (exact) mass is 289 g/mol. The summed E-state index contributed by atoms with van der Waals surface area (Å²) in [6.07, 6.45) is 0.615. The van der Waals surface area contributed by atoms with Crippen molar-refractivity contribution < 1.29 is 14.7 Å². The number of hydrogen-bond donors (Lipinski definition) is 1. The zero-order valence-corrected chi connectivity index (χ0v) is 13.1. The van der Waals surface area contributed by atoms with Crippen molar-refractivity contribution in [1.82, 2.24) is 0 Å². The average molecular weight is 289 g/mol.